The van der Waals surface area contributed by atoms with Crippen LogP contribution < -0.4 is 5.32 Å². The molecule has 0 bridgehead atoms. The molecule has 3 heteroatoms. The molecule has 0 aliphatic rings. The average molecular weight is 345 g/mol. The summed E-state index contributed by atoms with van der Waals surface area (Å²) in [6, 6.07) is 25.5. The van der Waals surface area contributed by atoms with Crippen molar-refractivity contribution in [3.8, 4) is 11.1 Å². The molecule has 1 unspecified atom stereocenters. The quantitative estimate of drug-likeness (QED) is 0.703. The maximum absolute atomic E-state index is 13.0. The number of hydrogen-bond donors (Lipinski definition) is 2. The van der Waals surface area contributed by atoms with E-state index in [2.05, 4.69) is 5.32 Å². The van der Waals surface area contributed by atoms with Gasteiger partial charge >= 0.3 is 0 Å². The number of hydrogen-bond acceptors (Lipinski definition) is 2. The van der Waals surface area contributed by atoms with E-state index in [1.165, 1.54) is 0 Å². The van der Waals surface area contributed by atoms with Gasteiger partial charge in [0.1, 0.15) is 0 Å². The highest BCUT2D eigenvalue weighted by atomic mass is 16.3. The lowest BCUT2D eigenvalue weighted by molar-refractivity contribution is 0.0950. The normalized spacial score (nSPS) is 11.8. The Kier molecular flexibility index (Phi) is 5.82. The van der Waals surface area contributed by atoms with Crippen LogP contribution in [0.15, 0.2) is 78.9 Å². The third kappa shape index (κ3) is 4.38. The Labute approximate surface area is 154 Å². The summed E-state index contributed by atoms with van der Waals surface area (Å²) in [5.41, 5.74) is 4.41. The van der Waals surface area contributed by atoms with Crippen molar-refractivity contribution in [2.75, 3.05) is 0 Å². The minimum absolute atomic E-state index is 0.121. The minimum Gasteiger partial charge on any atom is -0.393 e. The van der Waals surface area contributed by atoms with Crippen molar-refractivity contribution in [2.24, 2.45) is 0 Å². The summed E-state index contributed by atoms with van der Waals surface area (Å²) >= 11 is 0. The molecule has 0 saturated carbocycles. The van der Waals surface area contributed by atoms with Crippen LogP contribution in [0.25, 0.3) is 11.1 Å². The largest absolute Gasteiger partial charge is 0.393 e. The molecule has 1 atom stereocenters. The van der Waals surface area contributed by atoms with Crippen LogP contribution in [0.3, 0.4) is 0 Å². The van der Waals surface area contributed by atoms with Crippen molar-refractivity contribution in [3.63, 3.8) is 0 Å². The van der Waals surface area contributed by atoms with E-state index in [9.17, 15) is 9.90 Å². The molecule has 0 aliphatic carbocycles. The Bertz CT molecular complexity index is 858. The fourth-order valence-corrected chi connectivity index (χ4v) is 3.08. The molecule has 3 aromatic rings. The first-order valence-corrected chi connectivity index (χ1v) is 8.82. The molecule has 2 N–H and O–H groups in total. The van der Waals surface area contributed by atoms with Crippen molar-refractivity contribution < 1.29 is 9.90 Å². The summed E-state index contributed by atoms with van der Waals surface area (Å²) in [5.74, 6) is -0.121. The Morgan fingerprint density at radius 2 is 1.58 bits per heavy atom. The van der Waals surface area contributed by atoms with Crippen molar-refractivity contribution in [1.29, 1.82) is 0 Å². The number of aliphatic hydroxyl groups is 1. The third-order valence-corrected chi connectivity index (χ3v) is 4.27. The highest BCUT2D eigenvalue weighted by molar-refractivity contribution is 6.02. The second-order valence-electron chi connectivity index (χ2n) is 6.43. The van der Waals surface area contributed by atoms with Gasteiger partial charge in [0.05, 0.1) is 11.7 Å². The van der Waals surface area contributed by atoms with Gasteiger partial charge in [-0.05, 0) is 35.6 Å². The topological polar surface area (TPSA) is 49.3 Å². The number of benzene rings is 3. The first-order valence-electron chi connectivity index (χ1n) is 8.82. The Balaban J connectivity index is 1.95. The molecule has 0 fully saturated rings. The predicted molar refractivity (Wildman–Crippen MR) is 105 cm³/mol. The average Bonchev–Trinajstić information content (AvgIpc) is 2.67. The van der Waals surface area contributed by atoms with Gasteiger partial charge in [0.2, 0.25) is 0 Å². The van der Waals surface area contributed by atoms with E-state index in [0.717, 1.165) is 22.3 Å². The number of carbonyl (C=O) groups is 1. The molecule has 1 amide bonds. The third-order valence-electron chi connectivity index (χ3n) is 4.27. The highest BCUT2D eigenvalue weighted by Crippen LogP contribution is 2.27. The van der Waals surface area contributed by atoms with Crippen molar-refractivity contribution in [3.05, 3.63) is 95.6 Å². The molecule has 0 radical (unpaired) electrons. The number of rotatable bonds is 6. The standard InChI is InChI=1S/C23H23NO2/c1-17(25)15-20-13-8-14-21(19-11-6-3-7-12-19)22(20)23(26)24-16-18-9-4-2-5-10-18/h2-14,17,25H,15-16H2,1H3,(H,24,26). The lowest BCUT2D eigenvalue weighted by Gasteiger charge is -2.16. The lowest BCUT2D eigenvalue weighted by atomic mass is 9.92. The zero-order valence-corrected chi connectivity index (χ0v) is 14.9. The molecular weight excluding hydrogens is 322 g/mol. The van der Waals surface area contributed by atoms with Gasteiger partial charge < -0.3 is 10.4 Å². The maximum atomic E-state index is 13.0. The Hall–Kier alpha value is -2.91. The molecule has 0 saturated heterocycles. The molecule has 3 rings (SSSR count). The van der Waals surface area contributed by atoms with E-state index in [0.29, 0.717) is 18.5 Å². The van der Waals surface area contributed by atoms with Crippen molar-refractivity contribution in [1.82, 2.24) is 5.32 Å². The number of carbonyl (C=O) groups excluding carboxylic acids is 1. The van der Waals surface area contributed by atoms with Crippen molar-refractivity contribution >= 4 is 5.91 Å². The summed E-state index contributed by atoms with van der Waals surface area (Å²) in [7, 11) is 0. The monoisotopic (exact) mass is 345 g/mol. The van der Waals surface area contributed by atoms with Gasteiger partial charge in [0.15, 0.2) is 0 Å². The lowest BCUT2D eigenvalue weighted by Crippen LogP contribution is -2.25. The summed E-state index contributed by atoms with van der Waals surface area (Å²) in [6.45, 7) is 2.21. The fourth-order valence-electron chi connectivity index (χ4n) is 3.08. The summed E-state index contributed by atoms with van der Waals surface area (Å²) in [6.07, 6.45) is -0.0731. The van der Waals surface area contributed by atoms with E-state index in [4.69, 9.17) is 0 Å². The van der Waals surface area contributed by atoms with Crippen LogP contribution in [0.5, 0.6) is 0 Å². The summed E-state index contributed by atoms with van der Waals surface area (Å²) in [4.78, 5) is 13.0. The van der Waals surface area contributed by atoms with Gasteiger partial charge in [-0.25, -0.2) is 0 Å². The van der Waals surface area contributed by atoms with Crippen LogP contribution in [0.2, 0.25) is 0 Å². The van der Waals surface area contributed by atoms with Crippen molar-refractivity contribution in [2.45, 2.75) is 26.0 Å². The molecular formula is C23H23NO2. The zero-order chi connectivity index (χ0) is 18.4. The summed E-state index contributed by atoms with van der Waals surface area (Å²) < 4.78 is 0. The second-order valence-corrected chi connectivity index (χ2v) is 6.43. The van der Waals surface area contributed by atoms with E-state index < -0.39 is 6.10 Å². The van der Waals surface area contributed by atoms with Gasteiger partial charge in [-0.15, -0.1) is 0 Å². The van der Waals surface area contributed by atoms with Crippen LogP contribution in [-0.2, 0) is 13.0 Å². The van der Waals surface area contributed by atoms with Gasteiger partial charge in [-0.1, -0.05) is 78.9 Å². The van der Waals surface area contributed by atoms with Gasteiger partial charge in [0.25, 0.3) is 5.91 Å². The van der Waals surface area contributed by atoms with Crippen LogP contribution >= 0.6 is 0 Å². The van der Waals surface area contributed by atoms with E-state index in [1.807, 2.05) is 78.9 Å². The molecule has 0 spiro atoms. The van der Waals surface area contributed by atoms with Gasteiger partial charge in [-0.3, -0.25) is 4.79 Å². The minimum atomic E-state index is -0.512. The van der Waals surface area contributed by atoms with Crippen LogP contribution in [0, 0.1) is 0 Å². The number of aliphatic hydroxyl groups excluding tert-OH is 1. The number of nitrogens with one attached hydrogen (secondary N) is 1. The molecule has 132 valence electrons. The van der Waals surface area contributed by atoms with E-state index >= 15 is 0 Å². The maximum Gasteiger partial charge on any atom is 0.252 e. The van der Waals surface area contributed by atoms with Crippen LogP contribution in [0.1, 0.15) is 28.4 Å². The molecule has 0 heterocycles. The van der Waals surface area contributed by atoms with Gasteiger partial charge in [-0.2, -0.15) is 0 Å². The highest BCUT2D eigenvalue weighted by Gasteiger charge is 2.18. The SMILES string of the molecule is CC(O)Cc1cccc(-c2ccccc2)c1C(=O)NCc1ccccc1. The fraction of sp³-hybridized carbons (Fsp3) is 0.174. The molecule has 3 nitrogen and oxygen atoms in total. The van der Waals surface area contributed by atoms with Crippen LogP contribution in [-0.4, -0.2) is 17.1 Å². The Morgan fingerprint density at radius 3 is 2.23 bits per heavy atom. The second kappa shape index (κ2) is 8.45. The smallest absolute Gasteiger partial charge is 0.252 e. The molecule has 0 aromatic heterocycles. The van der Waals surface area contributed by atoms with E-state index in [-0.39, 0.29) is 5.91 Å². The predicted octanol–water partition coefficient (Wildman–Crippen LogP) is 4.21. The number of amides is 1. The Morgan fingerprint density at radius 1 is 0.923 bits per heavy atom. The van der Waals surface area contributed by atoms with Crippen LogP contribution in [0.4, 0.5) is 0 Å². The summed E-state index contributed by atoms with van der Waals surface area (Å²) in [5, 5.41) is 12.9. The molecule has 26 heavy (non-hydrogen) atoms. The zero-order valence-electron chi connectivity index (χ0n) is 14.9. The first kappa shape index (κ1) is 17.9. The van der Waals surface area contributed by atoms with Gasteiger partial charge in [0, 0.05) is 6.54 Å². The molecule has 0 aliphatic heterocycles. The molecule has 3 aromatic carbocycles. The van der Waals surface area contributed by atoms with E-state index in [1.54, 1.807) is 6.92 Å². The first-order chi connectivity index (χ1) is 12.6.